The van der Waals surface area contributed by atoms with Gasteiger partial charge in [-0.2, -0.15) is 0 Å². The standard InChI is InChI=1S/C20H18Cl2N2O2S/c21-17-12-11-16(13-18(17)22)27(25,26)24-20(15-9-5-2-6-10-15)19(23)14-7-3-1-4-8-14/h1-13,19-20,24H,23H2. The third kappa shape index (κ3) is 4.69. The molecule has 0 aliphatic carbocycles. The van der Waals surface area contributed by atoms with E-state index in [4.69, 9.17) is 28.9 Å². The van der Waals surface area contributed by atoms with Crippen molar-refractivity contribution in [2.24, 2.45) is 5.73 Å². The third-order valence-corrected chi connectivity index (χ3v) is 6.36. The molecule has 3 N–H and O–H groups in total. The van der Waals surface area contributed by atoms with Crippen LogP contribution in [0.5, 0.6) is 0 Å². The number of nitrogens with two attached hydrogens (primary N) is 1. The van der Waals surface area contributed by atoms with Crippen LogP contribution < -0.4 is 10.5 Å². The van der Waals surface area contributed by atoms with Gasteiger partial charge in [0.05, 0.1) is 27.0 Å². The summed E-state index contributed by atoms with van der Waals surface area (Å²) in [6.45, 7) is 0. The predicted molar refractivity (Wildman–Crippen MR) is 109 cm³/mol. The second-order valence-corrected chi connectivity index (χ2v) is 8.55. The minimum Gasteiger partial charge on any atom is -0.322 e. The molecule has 0 aliphatic rings. The van der Waals surface area contributed by atoms with Gasteiger partial charge < -0.3 is 5.73 Å². The van der Waals surface area contributed by atoms with Gasteiger partial charge in [0.15, 0.2) is 0 Å². The van der Waals surface area contributed by atoms with Crippen molar-refractivity contribution < 1.29 is 8.42 Å². The van der Waals surface area contributed by atoms with Crippen LogP contribution in [0.15, 0.2) is 83.8 Å². The van der Waals surface area contributed by atoms with Gasteiger partial charge >= 0.3 is 0 Å². The maximum Gasteiger partial charge on any atom is 0.241 e. The van der Waals surface area contributed by atoms with Crippen molar-refractivity contribution in [2.75, 3.05) is 0 Å². The Morgan fingerprint density at radius 2 is 1.33 bits per heavy atom. The van der Waals surface area contributed by atoms with Crippen molar-refractivity contribution >= 4 is 33.2 Å². The normalized spacial score (nSPS) is 13.9. The maximum atomic E-state index is 12.9. The van der Waals surface area contributed by atoms with Crippen LogP contribution in [0, 0.1) is 0 Å². The molecular weight excluding hydrogens is 403 g/mol. The van der Waals surface area contributed by atoms with Crippen molar-refractivity contribution in [3.05, 3.63) is 100 Å². The highest BCUT2D eigenvalue weighted by molar-refractivity contribution is 7.89. The third-order valence-electron chi connectivity index (χ3n) is 4.19. The van der Waals surface area contributed by atoms with Gasteiger partial charge in [0.2, 0.25) is 10.0 Å². The van der Waals surface area contributed by atoms with Crippen LogP contribution in [0.1, 0.15) is 23.2 Å². The fourth-order valence-corrected chi connectivity index (χ4v) is 4.39. The molecular formula is C20H18Cl2N2O2S. The van der Waals surface area contributed by atoms with Gasteiger partial charge in [-0.3, -0.25) is 0 Å². The molecule has 0 fully saturated rings. The van der Waals surface area contributed by atoms with Crippen molar-refractivity contribution in [3.8, 4) is 0 Å². The van der Waals surface area contributed by atoms with Crippen LogP contribution in [0.3, 0.4) is 0 Å². The van der Waals surface area contributed by atoms with Crippen molar-refractivity contribution in [1.82, 2.24) is 4.72 Å². The topological polar surface area (TPSA) is 72.2 Å². The molecule has 0 saturated carbocycles. The Bertz CT molecular complexity index is 1010. The first-order valence-corrected chi connectivity index (χ1v) is 10.5. The Kier molecular flexibility index (Phi) is 6.19. The van der Waals surface area contributed by atoms with Gasteiger partial charge in [-0.05, 0) is 29.3 Å². The summed E-state index contributed by atoms with van der Waals surface area (Å²) in [5.74, 6) is 0. The van der Waals surface area contributed by atoms with Crippen LogP contribution in [0.4, 0.5) is 0 Å². The highest BCUT2D eigenvalue weighted by Gasteiger charge is 2.27. The number of rotatable bonds is 6. The van der Waals surface area contributed by atoms with E-state index in [2.05, 4.69) is 4.72 Å². The first-order chi connectivity index (χ1) is 12.9. The molecule has 0 radical (unpaired) electrons. The highest BCUT2D eigenvalue weighted by Crippen LogP contribution is 2.30. The number of hydrogen-bond donors (Lipinski definition) is 2. The Balaban J connectivity index is 1.99. The monoisotopic (exact) mass is 420 g/mol. The van der Waals surface area contributed by atoms with Crippen LogP contribution in [-0.4, -0.2) is 8.42 Å². The van der Waals surface area contributed by atoms with E-state index in [1.165, 1.54) is 18.2 Å². The summed E-state index contributed by atoms with van der Waals surface area (Å²) < 4.78 is 28.6. The molecule has 0 bridgehead atoms. The fourth-order valence-electron chi connectivity index (χ4n) is 2.76. The summed E-state index contributed by atoms with van der Waals surface area (Å²) in [4.78, 5) is 0.0260. The molecule has 2 unspecified atom stereocenters. The lowest BCUT2D eigenvalue weighted by Gasteiger charge is -2.26. The minimum absolute atomic E-state index is 0.0260. The summed E-state index contributed by atoms with van der Waals surface area (Å²) in [7, 11) is -3.87. The average Bonchev–Trinajstić information content (AvgIpc) is 2.69. The van der Waals surface area contributed by atoms with Crippen LogP contribution >= 0.6 is 23.2 Å². The Morgan fingerprint density at radius 1 is 0.778 bits per heavy atom. The summed E-state index contributed by atoms with van der Waals surface area (Å²) in [5, 5.41) is 0.458. The second kappa shape index (κ2) is 8.42. The zero-order chi connectivity index (χ0) is 19.4. The van der Waals surface area contributed by atoms with Gasteiger partial charge in [-0.1, -0.05) is 83.9 Å². The SMILES string of the molecule is NC(c1ccccc1)C(NS(=O)(=O)c1ccc(Cl)c(Cl)c1)c1ccccc1. The van der Waals surface area contributed by atoms with Crippen molar-refractivity contribution in [2.45, 2.75) is 17.0 Å². The predicted octanol–water partition coefficient (Wildman–Crippen LogP) is 4.71. The van der Waals surface area contributed by atoms with E-state index < -0.39 is 22.1 Å². The van der Waals surface area contributed by atoms with E-state index in [0.717, 1.165) is 11.1 Å². The Labute approximate surface area is 169 Å². The smallest absolute Gasteiger partial charge is 0.241 e. The lowest BCUT2D eigenvalue weighted by atomic mass is 9.95. The van der Waals surface area contributed by atoms with Crippen molar-refractivity contribution in [1.29, 1.82) is 0 Å². The first kappa shape index (κ1) is 19.9. The summed E-state index contributed by atoms with van der Waals surface area (Å²) >= 11 is 11.9. The molecule has 140 valence electrons. The minimum atomic E-state index is -3.87. The number of hydrogen-bond acceptors (Lipinski definition) is 3. The van der Waals surface area contributed by atoms with Crippen LogP contribution in [0.25, 0.3) is 0 Å². The molecule has 2 atom stereocenters. The van der Waals surface area contributed by atoms with E-state index >= 15 is 0 Å². The van der Waals surface area contributed by atoms with E-state index in [-0.39, 0.29) is 14.9 Å². The van der Waals surface area contributed by atoms with Gasteiger partial charge in [0.1, 0.15) is 0 Å². The van der Waals surface area contributed by atoms with Gasteiger partial charge in [0.25, 0.3) is 0 Å². The molecule has 0 saturated heterocycles. The quantitative estimate of drug-likeness (QED) is 0.605. The molecule has 0 heterocycles. The zero-order valence-electron chi connectivity index (χ0n) is 14.2. The molecule has 3 rings (SSSR count). The van der Waals surface area contributed by atoms with Crippen LogP contribution in [0.2, 0.25) is 10.0 Å². The average molecular weight is 421 g/mol. The summed E-state index contributed by atoms with van der Waals surface area (Å²) in [6, 6.07) is 21.5. The molecule has 7 heteroatoms. The van der Waals surface area contributed by atoms with Crippen LogP contribution in [-0.2, 0) is 10.0 Å². The second-order valence-electron chi connectivity index (χ2n) is 6.02. The molecule has 4 nitrogen and oxygen atoms in total. The molecule has 3 aromatic rings. The van der Waals surface area contributed by atoms with E-state index in [1.807, 2.05) is 60.7 Å². The maximum absolute atomic E-state index is 12.9. The molecule has 27 heavy (non-hydrogen) atoms. The molecule has 0 aliphatic heterocycles. The van der Waals surface area contributed by atoms with Gasteiger partial charge in [0, 0.05) is 0 Å². The number of nitrogens with one attached hydrogen (secondary N) is 1. The summed E-state index contributed by atoms with van der Waals surface area (Å²) in [6.07, 6.45) is 0. The molecule has 3 aromatic carbocycles. The van der Waals surface area contributed by atoms with E-state index in [0.29, 0.717) is 0 Å². The number of sulfonamides is 1. The van der Waals surface area contributed by atoms with E-state index in [1.54, 1.807) is 0 Å². The lowest BCUT2D eigenvalue weighted by Crippen LogP contribution is -2.36. The molecule has 0 amide bonds. The summed E-state index contributed by atoms with van der Waals surface area (Å²) in [5.41, 5.74) is 8.02. The van der Waals surface area contributed by atoms with Gasteiger partial charge in [-0.25, -0.2) is 13.1 Å². The number of halogens is 2. The lowest BCUT2D eigenvalue weighted by molar-refractivity contribution is 0.504. The largest absolute Gasteiger partial charge is 0.322 e. The van der Waals surface area contributed by atoms with E-state index in [9.17, 15) is 8.42 Å². The van der Waals surface area contributed by atoms with Crippen molar-refractivity contribution in [3.63, 3.8) is 0 Å². The Hall–Kier alpha value is -1.89. The molecule has 0 aromatic heterocycles. The highest BCUT2D eigenvalue weighted by atomic mass is 35.5. The Morgan fingerprint density at radius 3 is 1.89 bits per heavy atom. The first-order valence-electron chi connectivity index (χ1n) is 8.21. The number of benzene rings is 3. The van der Waals surface area contributed by atoms with Gasteiger partial charge in [-0.15, -0.1) is 0 Å². The fraction of sp³-hybridized carbons (Fsp3) is 0.100. The molecule has 0 spiro atoms. The zero-order valence-corrected chi connectivity index (χ0v) is 16.5.